The van der Waals surface area contributed by atoms with Gasteiger partial charge in [0.2, 0.25) is 0 Å². The van der Waals surface area contributed by atoms with E-state index in [1.54, 1.807) is 24.3 Å². The normalized spacial score (nSPS) is 13.1. The van der Waals surface area contributed by atoms with E-state index >= 15 is 0 Å². The first-order valence-corrected chi connectivity index (χ1v) is 6.57. The molecular weight excluding hydrogens is 282 g/mol. The zero-order valence-corrected chi connectivity index (χ0v) is 11.2. The van der Waals surface area contributed by atoms with Gasteiger partial charge in [-0.25, -0.2) is 9.66 Å². The van der Waals surface area contributed by atoms with Crippen molar-refractivity contribution in [3.05, 3.63) is 75.3 Å². The Bertz CT molecular complexity index is 1050. The highest BCUT2D eigenvalue weighted by Gasteiger charge is 2.31. The van der Waals surface area contributed by atoms with Gasteiger partial charge in [-0.15, -0.1) is 0 Å². The predicted molar refractivity (Wildman–Crippen MR) is 79.5 cm³/mol. The van der Waals surface area contributed by atoms with Crippen LogP contribution in [0.25, 0.3) is 10.9 Å². The summed E-state index contributed by atoms with van der Waals surface area (Å²) >= 11 is 0. The first kappa shape index (κ1) is 12.5. The Kier molecular flexibility index (Phi) is 2.33. The monoisotopic (exact) mass is 291 g/mol. The van der Waals surface area contributed by atoms with Gasteiger partial charge in [0, 0.05) is 16.7 Å². The van der Waals surface area contributed by atoms with Gasteiger partial charge in [0.15, 0.2) is 11.6 Å². The van der Waals surface area contributed by atoms with Crippen molar-refractivity contribution >= 4 is 22.5 Å². The molecule has 0 saturated carbocycles. The quantitative estimate of drug-likeness (QED) is 0.485. The second kappa shape index (κ2) is 4.11. The summed E-state index contributed by atoms with van der Waals surface area (Å²) in [6.45, 7) is 0. The first-order chi connectivity index (χ1) is 10.6. The van der Waals surface area contributed by atoms with Gasteiger partial charge in [-0.1, -0.05) is 24.3 Å². The van der Waals surface area contributed by atoms with E-state index in [1.165, 1.54) is 12.1 Å². The Balaban J connectivity index is 2.16. The third-order valence-corrected chi connectivity index (χ3v) is 3.84. The zero-order valence-electron chi connectivity index (χ0n) is 11.2. The second-order valence-corrected chi connectivity index (χ2v) is 5.05. The maximum atomic E-state index is 12.7. The number of nitrogen functional groups attached to an aromatic ring is 1. The van der Waals surface area contributed by atoms with Crippen LogP contribution in [0.1, 0.15) is 31.8 Å². The van der Waals surface area contributed by atoms with E-state index in [4.69, 9.17) is 5.84 Å². The number of hydrogen-bond acceptors (Lipinski definition) is 5. The summed E-state index contributed by atoms with van der Waals surface area (Å²) < 4.78 is 0.845. The van der Waals surface area contributed by atoms with E-state index in [2.05, 4.69) is 4.98 Å². The van der Waals surface area contributed by atoms with Gasteiger partial charge in [0.05, 0.1) is 16.5 Å². The van der Waals surface area contributed by atoms with E-state index in [1.807, 2.05) is 0 Å². The lowest BCUT2D eigenvalue weighted by Crippen LogP contribution is -2.29. The molecule has 0 aliphatic heterocycles. The number of carbonyl (C=O) groups excluding carboxylic acids is 2. The number of nitrogens with zero attached hydrogens (tertiary/aromatic N) is 2. The number of rotatable bonds is 0. The van der Waals surface area contributed by atoms with Crippen LogP contribution < -0.4 is 11.4 Å². The largest absolute Gasteiger partial charge is 0.335 e. The van der Waals surface area contributed by atoms with Crippen molar-refractivity contribution in [1.82, 2.24) is 9.66 Å². The highest BCUT2D eigenvalue weighted by atomic mass is 16.1. The molecule has 0 amide bonds. The molecule has 1 aromatic heterocycles. The summed E-state index contributed by atoms with van der Waals surface area (Å²) in [6, 6.07) is 9.58. The minimum atomic E-state index is -0.466. The highest BCUT2D eigenvalue weighted by molar-refractivity contribution is 6.31. The van der Waals surface area contributed by atoms with Gasteiger partial charge in [0.1, 0.15) is 6.33 Å². The molecule has 1 aliphatic rings. The lowest BCUT2D eigenvalue weighted by molar-refractivity contribution is 0.0980. The smallest absolute Gasteiger partial charge is 0.279 e. The van der Waals surface area contributed by atoms with Crippen LogP contribution in [0.2, 0.25) is 0 Å². The molecule has 106 valence electrons. The van der Waals surface area contributed by atoms with Crippen LogP contribution in [0.3, 0.4) is 0 Å². The van der Waals surface area contributed by atoms with Crippen molar-refractivity contribution in [1.29, 1.82) is 0 Å². The standard InChI is InChI=1S/C16H9N3O3/c17-19-7-18-13-11(16(19)22)6-5-10-12(13)15(21)9-4-2-1-3-8(9)14(10)20/h1-7H,17H2. The van der Waals surface area contributed by atoms with Crippen molar-refractivity contribution in [2.45, 2.75) is 0 Å². The fourth-order valence-electron chi connectivity index (χ4n) is 2.79. The summed E-state index contributed by atoms with van der Waals surface area (Å²) in [5.74, 6) is 4.94. The SMILES string of the molecule is Nn1cnc2c3c(ccc2c1=O)C(=O)c1ccccc1C3=O. The molecule has 22 heavy (non-hydrogen) atoms. The molecule has 4 rings (SSSR count). The average Bonchev–Trinajstić information content (AvgIpc) is 2.55. The maximum absolute atomic E-state index is 12.7. The van der Waals surface area contributed by atoms with Crippen LogP contribution in [0.15, 0.2) is 47.5 Å². The Morgan fingerprint density at radius 3 is 2.27 bits per heavy atom. The summed E-state index contributed by atoms with van der Waals surface area (Å²) in [5, 5.41) is 0.212. The molecule has 6 heteroatoms. The first-order valence-electron chi connectivity index (χ1n) is 6.57. The molecule has 0 radical (unpaired) electrons. The number of aromatic nitrogens is 2. The van der Waals surface area contributed by atoms with E-state index in [0.29, 0.717) is 11.1 Å². The summed E-state index contributed by atoms with van der Waals surface area (Å²) in [7, 11) is 0. The van der Waals surface area contributed by atoms with Crippen molar-refractivity contribution in [2.24, 2.45) is 0 Å². The van der Waals surface area contributed by atoms with Gasteiger partial charge in [0.25, 0.3) is 5.56 Å². The van der Waals surface area contributed by atoms with Crippen LogP contribution in [0, 0.1) is 0 Å². The molecular formula is C16H9N3O3. The third kappa shape index (κ3) is 1.43. The molecule has 1 aliphatic carbocycles. The van der Waals surface area contributed by atoms with Crippen LogP contribution in [0.4, 0.5) is 0 Å². The van der Waals surface area contributed by atoms with Crippen molar-refractivity contribution in [3.63, 3.8) is 0 Å². The zero-order chi connectivity index (χ0) is 15.4. The van der Waals surface area contributed by atoms with Crippen molar-refractivity contribution in [2.75, 3.05) is 5.84 Å². The van der Waals surface area contributed by atoms with E-state index in [9.17, 15) is 14.4 Å². The number of nitrogens with two attached hydrogens (primary N) is 1. The molecule has 0 atom stereocenters. The van der Waals surface area contributed by atoms with Gasteiger partial charge in [-0.3, -0.25) is 14.4 Å². The Hall–Kier alpha value is -3.28. The predicted octanol–water partition coefficient (Wildman–Crippen LogP) is 0.886. The molecule has 0 unspecified atom stereocenters. The Morgan fingerprint density at radius 2 is 1.55 bits per heavy atom. The number of carbonyl (C=O) groups is 2. The molecule has 2 aromatic carbocycles. The molecule has 0 saturated heterocycles. The van der Waals surface area contributed by atoms with Crippen molar-refractivity contribution < 1.29 is 9.59 Å². The topological polar surface area (TPSA) is 95.1 Å². The fourth-order valence-corrected chi connectivity index (χ4v) is 2.79. The summed E-state index contributed by atoms with van der Waals surface area (Å²) in [4.78, 5) is 41.4. The molecule has 6 nitrogen and oxygen atoms in total. The molecule has 2 N–H and O–H groups in total. The number of hydrogen-bond donors (Lipinski definition) is 1. The Morgan fingerprint density at radius 1 is 0.864 bits per heavy atom. The third-order valence-electron chi connectivity index (χ3n) is 3.84. The number of fused-ring (bicyclic) bond motifs is 4. The highest BCUT2D eigenvalue weighted by Crippen LogP contribution is 2.30. The van der Waals surface area contributed by atoms with Crippen LogP contribution in [-0.2, 0) is 0 Å². The van der Waals surface area contributed by atoms with Crippen LogP contribution in [-0.4, -0.2) is 21.2 Å². The minimum Gasteiger partial charge on any atom is -0.335 e. The second-order valence-electron chi connectivity index (χ2n) is 5.05. The van der Waals surface area contributed by atoms with E-state index in [-0.39, 0.29) is 33.6 Å². The molecule has 1 heterocycles. The van der Waals surface area contributed by atoms with Gasteiger partial charge >= 0.3 is 0 Å². The van der Waals surface area contributed by atoms with Gasteiger partial charge in [-0.2, -0.15) is 0 Å². The number of ketones is 2. The maximum Gasteiger partial charge on any atom is 0.279 e. The van der Waals surface area contributed by atoms with Crippen molar-refractivity contribution in [3.8, 4) is 0 Å². The molecule has 0 bridgehead atoms. The van der Waals surface area contributed by atoms with Gasteiger partial charge < -0.3 is 5.84 Å². The lowest BCUT2D eigenvalue weighted by Gasteiger charge is -2.18. The van der Waals surface area contributed by atoms with E-state index in [0.717, 1.165) is 11.0 Å². The molecule has 3 aromatic rings. The number of benzene rings is 2. The molecule has 0 fully saturated rings. The van der Waals surface area contributed by atoms with Crippen LogP contribution >= 0.6 is 0 Å². The molecule has 0 spiro atoms. The van der Waals surface area contributed by atoms with Crippen LogP contribution in [0.5, 0.6) is 0 Å². The lowest BCUT2D eigenvalue weighted by atomic mass is 9.83. The summed E-state index contributed by atoms with van der Waals surface area (Å²) in [6.07, 6.45) is 1.14. The average molecular weight is 291 g/mol. The fraction of sp³-hybridized carbons (Fsp3) is 0. The minimum absolute atomic E-state index is 0.166. The van der Waals surface area contributed by atoms with Gasteiger partial charge in [-0.05, 0) is 12.1 Å². The summed E-state index contributed by atoms with van der Waals surface area (Å²) in [5.41, 5.74) is 0.860. The Labute approximate surface area is 123 Å². The van der Waals surface area contributed by atoms with E-state index < -0.39 is 5.56 Å².